The van der Waals surface area contributed by atoms with Crippen molar-refractivity contribution >= 4 is 18.2 Å². The second-order valence-electron chi connectivity index (χ2n) is 5.07. The molecule has 0 fully saturated rings. The van der Waals surface area contributed by atoms with E-state index in [1.165, 1.54) is 0 Å². The van der Waals surface area contributed by atoms with Gasteiger partial charge in [0.1, 0.15) is 0 Å². The summed E-state index contributed by atoms with van der Waals surface area (Å²) in [7, 11) is 0. The maximum atomic E-state index is 12.0. The predicted octanol–water partition coefficient (Wildman–Crippen LogP) is 3.23. The van der Waals surface area contributed by atoms with Gasteiger partial charge >= 0.3 is 0 Å². The smallest absolute Gasteiger partial charge is 0.271 e. The maximum absolute atomic E-state index is 12.0. The van der Waals surface area contributed by atoms with E-state index >= 15 is 0 Å². The van der Waals surface area contributed by atoms with Gasteiger partial charge in [0.25, 0.3) is 5.91 Å². The van der Waals surface area contributed by atoms with E-state index in [2.05, 4.69) is 10.5 Å². The molecule has 1 N–H and O–H groups in total. The fourth-order valence-corrected chi connectivity index (χ4v) is 2.14. The van der Waals surface area contributed by atoms with Crippen molar-refractivity contribution in [3.05, 3.63) is 65.2 Å². The molecule has 3 rings (SSSR count). The van der Waals surface area contributed by atoms with Crippen molar-refractivity contribution in [3.63, 3.8) is 0 Å². The molecule has 0 aliphatic carbocycles. The third kappa shape index (κ3) is 3.77. The SMILES string of the molecule is CC(C=NNC(=O)c1ccc2c(c1)OCO2)=Cc1ccccc1. The minimum Gasteiger partial charge on any atom is -0.454 e. The lowest BCUT2D eigenvalue weighted by atomic mass is 10.1. The van der Waals surface area contributed by atoms with Gasteiger partial charge in [-0.1, -0.05) is 36.4 Å². The number of hydrogen-bond donors (Lipinski definition) is 1. The molecule has 1 amide bonds. The van der Waals surface area contributed by atoms with E-state index in [0.29, 0.717) is 17.1 Å². The fraction of sp³-hybridized carbons (Fsp3) is 0.111. The summed E-state index contributed by atoms with van der Waals surface area (Å²) >= 11 is 0. The average molecular weight is 308 g/mol. The maximum Gasteiger partial charge on any atom is 0.271 e. The van der Waals surface area contributed by atoms with E-state index in [0.717, 1.165) is 11.1 Å². The van der Waals surface area contributed by atoms with Gasteiger partial charge in [0, 0.05) is 5.56 Å². The molecule has 1 heterocycles. The molecule has 5 nitrogen and oxygen atoms in total. The van der Waals surface area contributed by atoms with E-state index in [-0.39, 0.29) is 12.7 Å². The largest absolute Gasteiger partial charge is 0.454 e. The van der Waals surface area contributed by atoms with Crippen LogP contribution < -0.4 is 14.9 Å². The minimum atomic E-state index is -0.299. The van der Waals surface area contributed by atoms with E-state index in [9.17, 15) is 4.79 Å². The Bertz CT molecular complexity index is 767. The lowest BCUT2D eigenvalue weighted by molar-refractivity contribution is 0.0954. The summed E-state index contributed by atoms with van der Waals surface area (Å²) < 4.78 is 10.5. The fourth-order valence-electron chi connectivity index (χ4n) is 2.14. The third-order valence-corrected chi connectivity index (χ3v) is 3.26. The summed E-state index contributed by atoms with van der Waals surface area (Å²) in [5.74, 6) is 0.917. The molecule has 0 spiro atoms. The first-order valence-corrected chi connectivity index (χ1v) is 7.19. The van der Waals surface area contributed by atoms with Gasteiger partial charge in [0.05, 0.1) is 6.21 Å². The second-order valence-corrected chi connectivity index (χ2v) is 5.07. The molecule has 23 heavy (non-hydrogen) atoms. The van der Waals surface area contributed by atoms with E-state index in [1.807, 2.05) is 43.3 Å². The zero-order chi connectivity index (χ0) is 16.1. The molecule has 0 bridgehead atoms. The van der Waals surface area contributed by atoms with Crippen molar-refractivity contribution in [2.45, 2.75) is 6.92 Å². The number of fused-ring (bicyclic) bond motifs is 1. The lowest BCUT2D eigenvalue weighted by Gasteiger charge is -2.01. The molecule has 116 valence electrons. The van der Waals surface area contributed by atoms with Crippen molar-refractivity contribution in [1.82, 2.24) is 5.43 Å². The predicted molar refractivity (Wildman–Crippen MR) is 88.6 cm³/mol. The Morgan fingerprint density at radius 1 is 1.13 bits per heavy atom. The topological polar surface area (TPSA) is 59.9 Å². The molecule has 0 atom stereocenters. The Balaban J connectivity index is 1.61. The van der Waals surface area contributed by atoms with Crippen molar-refractivity contribution in [3.8, 4) is 11.5 Å². The lowest BCUT2D eigenvalue weighted by Crippen LogP contribution is -2.17. The summed E-state index contributed by atoms with van der Waals surface area (Å²) in [6.45, 7) is 2.10. The first-order chi connectivity index (χ1) is 11.2. The van der Waals surface area contributed by atoms with Crippen molar-refractivity contribution in [2.24, 2.45) is 5.10 Å². The zero-order valence-corrected chi connectivity index (χ0v) is 12.7. The molecule has 2 aromatic rings. The van der Waals surface area contributed by atoms with Crippen molar-refractivity contribution in [1.29, 1.82) is 0 Å². The first kappa shape index (κ1) is 14.8. The summed E-state index contributed by atoms with van der Waals surface area (Å²) in [5.41, 5.74) is 4.98. The van der Waals surface area contributed by atoms with Crippen LogP contribution in [0.3, 0.4) is 0 Å². The number of amides is 1. The number of allylic oxidation sites excluding steroid dienone is 1. The highest BCUT2D eigenvalue weighted by Gasteiger charge is 2.15. The Morgan fingerprint density at radius 2 is 1.91 bits per heavy atom. The molecule has 1 aliphatic heterocycles. The highest BCUT2D eigenvalue weighted by atomic mass is 16.7. The van der Waals surface area contributed by atoms with Crippen LogP contribution in [0.15, 0.2) is 59.2 Å². The average Bonchev–Trinajstić information content (AvgIpc) is 3.03. The number of rotatable bonds is 4. The van der Waals surface area contributed by atoms with Crippen LogP contribution in [-0.2, 0) is 0 Å². The standard InChI is InChI=1S/C18H16N2O3/c1-13(9-14-5-3-2-4-6-14)11-19-20-18(21)15-7-8-16-17(10-15)23-12-22-16/h2-11H,12H2,1H3,(H,20,21). The van der Waals surface area contributed by atoms with E-state index in [1.54, 1.807) is 24.4 Å². The Labute approximate surface area is 134 Å². The highest BCUT2D eigenvalue weighted by molar-refractivity contribution is 5.95. The van der Waals surface area contributed by atoms with Crippen LogP contribution in [0.1, 0.15) is 22.8 Å². The van der Waals surface area contributed by atoms with Crippen LogP contribution in [0, 0.1) is 0 Å². The quantitative estimate of drug-likeness (QED) is 0.697. The Hall–Kier alpha value is -3.08. The number of nitrogens with zero attached hydrogens (tertiary/aromatic N) is 1. The van der Waals surface area contributed by atoms with Crippen LogP contribution in [0.4, 0.5) is 0 Å². The van der Waals surface area contributed by atoms with Gasteiger partial charge in [-0.3, -0.25) is 4.79 Å². The van der Waals surface area contributed by atoms with Crippen LogP contribution in [0.25, 0.3) is 6.08 Å². The summed E-state index contributed by atoms with van der Waals surface area (Å²) in [4.78, 5) is 12.0. The molecule has 1 aliphatic rings. The molecular weight excluding hydrogens is 292 g/mol. The van der Waals surface area contributed by atoms with Gasteiger partial charge in [-0.25, -0.2) is 5.43 Å². The van der Waals surface area contributed by atoms with Crippen LogP contribution in [0.5, 0.6) is 11.5 Å². The second kappa shape index (κ2) is 6.79. The molecule has 2 aromatic carbocycles. The van der Waals surface area contributed by atoms with E-state index < -0.39 is 0 Å². The van der Waals surface area contributed by atoms with Crippen LogP contribution in [0.2, 0.25) is 0 Å². The number of hydrogen-bond acceptors (Lipinski definition) is 4. The Morgan fingerprint density at radius 3 is 2.74 bits per heavy atom. The molecular formula is C18H16N2O3. The summed E-state index contributed by atoms with van der Waals surface area (Å²) in [6, 6.07) is 14.9. The normalized spacial score (nSPS) is 13.3. The number of carbonyl (C=O) groups is 1. The molecule has 0 unspecified atom stereocenters. The molecule has 5 heteroatoms. The van der Waals surface area contributed by atoms with Crippen molar-refractivity contribution < 1.29 is 14.3 Å². The first-order valence-electron chi connectivity index (χ1n) is 7.19. The monoisotopic (exact) mass is 308 g/mol. The van der Waals surface area contributed by atoms with Crippen molar-refractivity contribution in [2.75, 3.05) is 6.79 Å². The van der Waals surface area contributed by atoms with Crippen LogP contribution in [-0.4, -0.2) is 18.9 Å². The number of ether oxygens (including phenoxy) is 2. The van der Waals surface area contributed by atoms with Gasteiger partial charge in [-0.2, -0.15) is 5.10 Å². The third-order valence-electron chi connectivity index (χ3n) is 3.26. The minimum absolute atomic E-state index is 0.183. The number of hydrazone groups is 1. The number of nitrogens with one attached hydrogen (secondary N) is 1. The summed E-state index contributed by atoms with van der Waals surface area (Å²) in [5, 5.41) is 3.97. The van der Waals surface area contributed by atoms with Gasteiger partial charge in [-0.05, 0) is 36.3 Å². The summed E-state index contributed by atoms with van der Waals surface area (Å²) in [6.07, 6.45) is 3.59. The Kier molecular flexibility index (Phi) is 4.38. The molecule has 0 aromatic heterocycles. The van der Waals surface area contributed by atoms with Gasteiger partial charge in [0.15, 0.2) is 11.5 Å². The van der Waals surface area contributed by atoms with Gasteiger partial charge < -0.3 is 9.47 Å². The molecule has 0 saturated carbocycles. The van der Waals surface area contributed by atoms with Crippen LogP contribution >= 0.6 is 0 Å². The molecule has 0 radical (unpaired) electrons. The van der Waals surface area contributed by atoms with E-state index in [4.69, 9.17) is 9.47 Å². The van der Waals surface area contributed by atoms with Gasteiger partial charge in [0.2, 0.25) is 6.79 Å². The van der Waals surface area contributed by atoms with Gasteiger partial charge in [-0.15, -0.1) is 0 Å². The zero-order valence-electron chi connectivity index (χ0n) is 12.7. The number of benzene rings is 2. The molecule has 0 saturated heterocycles. The highest BCUT2D eigenvalue weighted by Crippen LogP contribution is 2.32. The number of carbonyl (C=O) groups excluding carboxylic acids is 1.